The van der Waals surface area contributed by atoms with Crippen molar-refractivity contribution in [1.82, 2.24) is 14.8 Å². The van der Waals surface area contributed by atoms with Gasteiger partial charge < -0.3 is 14.6 Å². The molecule has 1 amide bonds. The molecule has 1 fully saturated rings. The number of nitrogens with one attached hydrogen (secondary N) is 1. The lowest BCUT2D eigenvalue weighted by atomic mass is 10.0. The standard InChI is InChI=1S/C24H24ClN3O3/c25-17-8-7-16-14-21(26-20(16)15-17)23(29)28-12-10-27(11-13-28)9-3-6-22-18-4-1-2-5-19(18)24(30)31-22/h1-2,4-5,7-8,14-15,22,26H,3,6,9-13H2. The second kappa shape index (κ2) is 8.36. The van der Waals surface area contributed by atoms with Crippen LogP contribution in [0.5, 0.6) is 0 Å². The molecule has 6 nitrogen and oxygen atoms in total. The number of rotatable bonds is 5. The molecule has 3 aromatic rings. The lowest BCUT2D eigenvalue weighted by Crippen LogP contribution is -2.48. The van der Waals surface area contributed by atoms with Crippen LogP contribution in [0.1, 0.15) is 45.4 Å². The summed E-state index contributed by atoms with van der Waals surface area (Å²) in [6.07, 6.45) is 1.63. The third kappa shape index (κ3) is 4.05. The normalized spacial score (nSPS) is 18.9. The summed E-state index contributed by atoms with van der Waals surface area (Å²) in [6.45, 7) is 4.03. The van der Waals surface area contributed by atoms with Crippen LogP contribution < -0.4 is 0 Å². The van der Waals surface area contributed by atoms with E-state index in [-0.39, 0.29) is 18.0 Å². The molecule has 2 aromatic carbocycles. The Balaban J connectivity index is 1.11. The van der Waals surface area contributed by atoms with Crippen molar-refractivity contribution in [3.8, 4) is 0 Å². The van der Waals surface area contributed by atoms with E-state index in [1.807, 2.05) is 53.4 Å². The zero-order valence-electron chi connectivity index (χ0n) is 17.1. The molecule has 0 bridgehead atoms. The number of cyclic esters (lactones) is 1. The maximum Gasteiger partial charge on any atom is 0.339 e. The number of H-pyrrole nitrogens is 1. The summed E-state index contributed by atoms with van der Waals surface area (Å²) < 4.78 is 5.53. The molecule has 0 aliphatic carbocycles. The molecule has 1 atom stereocenters. The van der Waals surface area contributed by atoms with Crippen molar-refractivity contribution in [1.29, 1.82) is 0 Å². The van der Waals surface area contributed by atoms with Gasteiger partial charge in [0.05, 0.1) is 5.56 Å². The fourth-order valence-electron chi connectivity index (χ4n) is 4.49. The summed E-state index contributed by atoms with van der Waals surface area (Å²) in [5.74, 6) is -0.187. The van der Waals surface area contributed by atoms with Crippen LogP contribution in [0.3, 0.4) is 0 Å². The SMILES string of the molecule is O=C1OC(CCCN2CCN(C(=O)c3cc4ccc(Cl)cc4[nH]3)CC2)c2ccccc21. The van der Waals surface area contributed by atoms with Crippen LogP contribution >= 0.6 is 11.6 Å². The van der Waals surface area contributed by atoms with E-state index in [9.17, 15) is 9.59 Å². The Labute approximate surface area is 185 Å². The van der Waals surface area contributed by atoms with Crippen molar-refractivity contribution < 1.29 is 14.3 Å². The number of ether oxygens (including phenoxy) is 1. The quantitative estimate of drug-likeness (QED) is 0.605. The fourth-order valence-corrected chi connectivity index (χ4v) is 4.67. The number of benzene rings is 2. The average Bonchev–Trinajstić information content (AvgIpc) is 3.35. The first-order chi connectivity index (χ1) is 15.1. The topological polar surface area (TPSA) is 65.6 Å². The number of piperazine rings is 1. The van der Waals surface area contributed by atoms with E-state index in [4.69, 9.17) is 16.3 Å². The number of esters is 1. The van der Waals surface area contributed by atoms with Gasteiger partial charge in [-0.3, -0.25) is 9.69 Å². The molecule has 31 heavy (non-hydrogen) atoms. The van der Waals surface area contributed by atoms with Crippen LogP contribution in [0.15, 0.2) is 48.5 Å². The molecule has 2 aliphatic heterocycles. The van der Waals surface area contributed by atoms with E-state index < -0.39 is 0 Å². The lowest BCUT2D eigenvalue weighted by Gasteiger charge is -2.34. The molecule has 0 radical (unpaired) electrons. The summed E-state index contributed by atoms with van der Waals surface area (Å²) in [5.41, 5.74) is 3.18. The molecule has 1 unspecified atom stereocenters. The highest BCUT2D eigenvalue weighted by Gasteiger charge is 2.30. The van der Waals surface area contributed by atoms with E-state index in [2.05, 4.69) is 9.88 Å². The third-order valence-corrected chi connectivity index (χ3v) is 6.43. The Morgan fingerprint density at radius 2 is 1.90 bits per heavy atom. The monoisotopic (exact) mass is 437 g/mol. The van der Waals surface area contributed by atoms with Gasteiger partial charge in [0.2, 0.25) is 0 Å². The average molecular weight is 438 g/mol. The van der Waals surface area contributed by atoms with Gasteiger partial charge in [0.15, 0.2) is 0 Å². The molecule has 1 N–H and O–H groups in total. The molecule has 160 valence electrons. The number of halogens is 1. The van der Waals surface area contributed by atoms with Crippen LogP contribution in [0.4, 0.5) is 0 Å². The summed E-state index contributed by atoms with van der Waals surface area (Å²) in [7, 11) is 0. The molecular weight excluding hydrogens is 414 g/mol. The van der Waals surface area contributed by atoms with Crippen molar-refractivity contribution in [3.05, 3.63) is 70.4 Å². The largest absolute Gasteiger partial charge is 0.454 e. The predicted molar refractivity (Wildman–Crippen MR) is 119 cm³/mol. The number of aromatic nitrogens is 1. The Kier molecular flexibility index (Phi) is 5.42. The zero-order valence-corrected chi connectivity index (χ0v) is 17.9. The molecule has 5 rings (SSSR count). The molecule has 1 aromatic heterocycles. The van der Waals surface area contributed by atoms with Crippen molar-refractivity contribution >= 4 is 34.4 Å². The van der Waals surface area contributed by atoms with E-state index in [1.54, 1.807) is 0 Å². The van der Waals surface area contributed by atoms with Crippen LogP contribution in [0.2, 0.25) is 5.02 Å². The third-order valence-electron chi connectivity index (χ3n) is 6.19. The highest BCUT2D eigenvalue weighted by Crippen LogP contribution is 2.33. The number of fused-ring (bicyclic) bond motifs is 2. The number of amides is 1. The number of hydrogen-bond donors (Lipinski definition) is 1. The maximum absolute atomic E-state index is 12.9. The summed E-state index contributed by atoms with van der Waals surface area (Å²) in [6, 6.07) is 15.1. The minimum atomic E-state index is -0.216. The molecule has 3 heterocycles. The van der Waals surface area contributed by atoms with Gasteiger partial charge >= 0.3 is 5.97 Å². The Bertz CT molecular complexity index is 1130. The van der Waals surface area contributed by atoms with Gasteiger partial charge in [-0.2, -0.15) is 0 Å². The van der Waals surface area contributed by atoms with Gasteiger partial charge in [0.25, 0.3) is 5.91 Å². The zero-order chi connectivity index (χ0) is 21.4. The van der Waals surface area contributed by atoms with Gasteiger partial charge in [-0.25, -0.2) is 4.79 Å². The molecule has 2 aliphatic rings. The molecule has 1 saturated heterocycles. The second-order valence-corrected chi connectivity index (χ2v) is 8.61. The van der Waals surface area contributed by atoms with Crippen molar-refractivity contribution in [3.63, 3.8) is 0 Å². The van der Waals surface area contributed by atoms with Gasteiger partial charge in [-0.05, 0) is 43.7 Å². The molecule has 0 saturated carbocycles. The highest BCUT2D eigenvalue weighted by atomic mass is 35.5. The van der Waals surface area contributed by atoms with Crippen LogP contribution in [0, 0.1) is 0 Å². The summed E-state index contributed by atoms with van der Waals surface area (Å²) in [4.78, 5) is 32.3. The van der Waals surface area contributed by atoms with E-state index >= 15 is 0 Å². The first-order valence-electron chi connectivity index (χ1n) is 10.7. The second-order valence-electron chi connectivity index (χ2n) is 8.17. The maximum atomic E-state index is 12.9. The number of carbonyl (C=O) groups is 2. The Morgan fingerprint density at radius 1 is 1.10 bits per heavy atom. The van der Waals surface area contributed by atoms with Gasteiger partial charge in [-0.1, -0.05) is 35.9 Å². The minimum Gasteiger partial charge on any atom is -0.454 e. The van der Waals surface area contributed by atoms with Gasteiger partial charge in [-0.15, -0.1) is 0 Å². The summed E-state index contributed by atoms with van der Waals surface area (Å²) >= 11 is 6.04. The van der Waals surface area contributed by atoms with E-state index in [1.165, 1.54) is 0 Å². The smallest absolute Gasteiger partial charge is 0.339 e. The van der Waals surface area contributed by atoms with Crippen LogP contribution in [-0.2, 0) is 4.74 Å². The number of aromatic amines is 1. The number of nitrogens with zero attached hydrogens (tertiary/aromatic N) is 2. The Hall–Kier alpha value is -2.83. The fraction of sp³-hybridized carbons (Fsp3) is 0.333. The van der Waals surface area contributed by atoms with Crippen LogP contribution in [0.25, 0.3) is 10.9 Å². The van der Waals surface area contributed by atoms with Gasteiger partial charge in [0.1, 0.15) is 11.8 Å². The molecule has 7 heteroatoms. The van der Waals surface area contributed by atoms with Crippen molar-refractivity contribution in [2.75, 3.05) is 32.7 Å². The minimum absolute atomic E-state index is 0.0291. The Morgan fingerprint density at radius 3 is 2.74 bits per heavy atom. The number of carbonyl (C=O) groups excluding carboxylic acids is 2. The molecular formula is C24H24ClN3O3. The first-order valence-corrected chi connectivity index (χ1v) is 11.1. The van der Waals surface area contributed by atoms with E-state index in [0.29, 0.717) is 29.4 Å². The molecule has 0 spiro atoms. The highest BCUT2D eigenvalue weighted by molar-refractivity contribution is 6.31. The lowest BCUT2D eigenvalue weighted by molar-refractivity contribution is 0.0353. The number of hydrogen-bond acceptors (Lipinski definition) is 4. The van der Waals surface area contributed by atoms with Gasteiger partial charge in [0, 0.05) is 47.7 Å². The predicted octanol–water partition coefficient (Wildman–Crippen LogP) is 4.27. The summed E-state index contributed by atoms with van der Waals surface area (Å²) in [5, 5.41) is 1.64. The first kappa shape index (κ1) is 20.1. The van der Waals surface area contributed by atoms with Crippen molar-refractivity contribution in [2.45, 2.75) is 18.9 Å². The van der Waals surface area contributed by atoms with Crippen molar-refractivity contribution in [2.24, 2.45) is 0 Å². The van der Waals surface area contributed by atoms with Crippen LogP contribution in [-0.4, -0.2) is 59.4 Å². The van der Waals surface area contributed by atoms with E-state index in [0.717, 1.165) is 48.9 Å².